The van der Waals surface area contributed by atoms with Gasteiger partial charge in [-0.15, -0.1) is 0 Å². The molecule has 5 atom stereocenters. The van der Waals surface area contributed by atoms with E-state index < -0.39 is 35.6 Å². The molecule has 3 aromatic rings. The Bertz CT molecular complexity index is 1610. The zero-order chi connectivity index (χ0) is 33.9. The molecule has 7 rings (SSSR count). The molecule has 2 saturated carbocycles. The summed E-state index contributed by atoms with van der Waals surface area (Å²) in [4.78, 5) is 13.8. The maximum absolute atomic E-state index is 13.6. The predicted octanol–water partition coefficient (Wildman–Crippen LogP) is 6.95. The van der Waals surface area contributed by atoms with E-state index in [1.165, 1.54) is 0 Å². The topological polar surface area (TPSA) is 71.0 Å². The highest BCUT2D eigenvalue weighted by Gasteiger charge is 2.91. The van der Waals surface area contributed by atoms with Gasteiger partial charge in [-0.25, -0.2) is 4.79 Å². The van der Waals surface area contributed by atoms with E-state index in [0.717, 1.165) is 17.2 Å². The van der Waals surface area contributed by atoms with Gasteiger partial charge in [0.25, 0.3) is 0 Å². The molecule has 0 amide bonds. The number of nitrogens with zero attached hydrogens (tertiary/aromatic N) is 1. The van der Waals surface area contributed by atoms with Gasteiger partial charge >= 0.3 is 18.3 Å². The number of carboxylic acids is 1. The maximum Gasteiger partial charge on any atom is 0.416 e. The number of carboxylic acid groups (broad SMARTS) is 1. The highest BCUT2D eigenvalue weighted by Crippen LogP contribution is 2.78. The molecule has 2 N–H and O–H groups in total. The Morgan fingerprint density at radius 3 is 2.15 bits per heavy atom. The van der Waals surface area contributed by atoms with E-state index >= 15 is 0 Å². The van der Waals surface area contributed by atoms with Gasteiger partial charge in [-0.3, -0.25) is 4.90 Å². The number of fused-ring (bicyclic) bond motifs is 1. The molecular formula is C35H36F6N2O4. The number of carbonyl (C=O) groups is 1. The van der Waals surface area contributed by atoms with Crippen molar-refractivity contribution in [1.82, 2.24) is 10.2 Å². The van der Waals surface area contributed by atoms with Crippen molar-refractivity contribution in [2.45, 2.75) is 69.2 Å². The van der Waals surface area contributed by atoms with Gasteiger partial charge in [-0.1, -0.05) is 51.1 Å². The fourth-order valence-electron chi connectivity index (χ4n) is 7.05. The van der Waals surface area contributed by atoms with Crippen LogP contribution >= 0.6 is 0 Å². The summed E-state index contributed by atoms with van der Waals surface area (Å²) in [5.74, 6) is 0.644. The SMILES string of the molecule is CC(C)(C)c1ccc(O[C@@H](Cc2ccc(OCCN[C@@]34C5CN(Cc6ccc(C(F)(F)F)cc6C(F)(F)F)C3C54)cc2)C(=O)O)cc1. The second-order valence-electron chi connectivity index (χ2n) is 13.6. The van der Waals surface area contributed by atoms with Crippen LogP contribution in [0.15, 0.2) is 66.7 Å². The van der Waals surface area contributed by atoms with Crippen molar-refractivity contribution < 1.29 is 45.7 Å². The van der Waals surface area contributed by atoms with Gasteiger partial charge in [0.15, 0.2) is 6.10 Å². The van der Waals surface area contributed by atoms with Gasteiger partial charge in [-0.2, -0.15) is 26.3 Å². The van der Waals surface area contributed by atoms with Crippen LogP contribution in [0.3, 0.4) is 0 Å². The maximum atomic E-state index is 13.6. The molecule has 252 valence electrons. The molecule has 2 heterocycles. The van der Waals surface area contributed by atoms with Gasteiger partial charge in [0, 0.05) is 43.6 Å². The first-order valence-corrected chi connectivity index (χ1v) is 15.5. The summed E-state index contributed by atoms with van der Waals surface area (Å²) in [6.07, 6.45) is -10.6. The van der Waals surface area contributed by atoms with Crippen LogP contribution < -0.4 is 14.8 Å². The van der Waals surface area contributed by atoms with Crippen molar-refractivity contribution in [3.8, 4) is 11.5 Å². The monoisotopic (exact) mass is 662 g/mol. The van der Waals surface area contributed by atoms with Gasteiger partial charge in [-0.05, 0) is 64.4 Å². The first kappa shape index (κ1) is 33.1. The number of aliphatic carboxylic acids is 1. The molecule has 12 heteroatoms. The van der Waals surface area contributed by atoms with E-state index in [-0.39, 0.29) is 41.6 Å². The van der Waals surface area contributed by atoms with Crippen LogP contribution in [0.5, 0.6) is 11.5 Å². The number of hydrogen-bond acceptors (Lipinski definition) is 5. The minimum absolute atomic E-state index is 0.0302. The zero-order valence-electron chi connectivity index (χ0n) is 26.1. The van der Waals surface area contributed by atoms with Crippen molar-refractivity contribution in [1.29, 1.82) is 0 Å². The molecule has 0 spiro atoms. The Kier molecular flexibility index (Phi) is 8.27. The largest absolute Gasteiger partial charge is 0.492 e. The standard InChI is InChI=1S/C35H36F6N2O4/c1-32(2,3)22-8-12-25(13-9-22)47-28(31(44)45)16-20-4-10-24(11-5-20)46-15-14-42-33-27-19-43(30(33)29(27)33)18-21-6-7-23(34(36,37)38)17-26(21)35(39,40)41/h4-13,17,27-30,42H,14-16,18-19H2,1-3H3,(H,44,45)/t27?,28-,29?,30?,33+/m0/s1. The second-order valence-corrected chi connectivity index (χ2v) is 13.6. The molecule has 0 radical (unpaired) electrons. The Hall–Kier alpha value is -3.77. The van der Waals surface area contributed by atoms with Crippen molar-refractivity contribution in [3.63, 3.8) is 0 Å². The number of halogens is 6. The van der Waals surface area contributed by atoms with E-state index in [1.54, 1.807) is 36.4 Å². The first-order valence-electron chi connectivity index (χ1n) is 15.5. The van der Waals surface area contributed by atoms with Crippen LogP contribution in [0, 0.1) is 11.8 Å². The van der Waals surface area contributed by atoms with Crippen LogP contribution in [0.4, 0.5) is 26.3 Å². The van der Waals surface area contributed by atoms with Crippen molar-refractivity contribution in [2.75, 3.05) is 19.7 Å². The second kappa shape index (κ2) is 11.7. The highest BCUT2D eigenvalue weighted by atomic mass is 19.4. The minimum Gasteiger partial charge on any atom is -0.492 e. The first-order chi connectivity index (χ1) is 22.0. The lowest BCUT2D eigenvalue weighted by molar-refractivity contribution is -0.145. The Labute approximate surface area is 268 Å². The van der Waals surface area contributed by atoms with E-state index in [0.29, 0.717) is 49.1 Å². The zero-order valence-corrected chi connectivity index (χ0v) is 26.1. The fourth-order valence-corrected chi connectivity index (χ4v) is 7.05. The third kappa shape index (κ3) is 6.67. The van der Waals surface area contributed by atoms with Crippen molar-refractivity contribution in [2.24, 2.45) is 11.8 Å². The van der Waals surface area contributed by atoms with Gasteiger partial charge < -0.3 is 19.9 Å². The molecule has 2 aliphatic carbocycles. The van der Waals surface area contributed by atoms with Crippen LogP contribution in [0.2, 0.25) is 0 Å². The molecule has 4 aliphatic rings. The number of ether oxygens (including phenoxy) is 2. The Morgan fingerprint density at radius 1 is 0.936 bits per heavy atom. The number of rotatable bonds is 12. The van der Waals surface area contributed by atoms with Crippen LogP contribution in [0.25, 0.3) is 0 Å². The highest BCUT2D eigenvalue weighted by molar-refractivity contribution is 5.73. The van der Waals surface area contributed by atoms with Crippen LogP contribution in [0.1, 0.15) is 48.6 Å². The summed E-state index contributed by atoms with van der Waals surface area (Å²) < 4.78 is 91.6. The Balaban J connectivity index is 0.968. The summed E-state index contributed by atoms with van der Waals surface area (Å²) in [5.41, 5.74) is -1.03. The molecule has 3 aromatic carbocycles. The molecular weight excluding hydrogens is 626 g/mol. The third-order valence-corrected chi connectivity index (χ3v) is 9.57. The van der Waals surface area contributed by atoms with E-state index in [1.807, 2.05) is 17.0 Å². The fraction of sp³-hybridized carbons (Fsp3) is 0.457. The summed E-state index contributed by atoms with van der Waals surface area (Å²) in [6.45, 7) is 7.67. The molecule has 2 saturated heterocycles. The third-order valence-electron chi connectivity index (χ3n) is 9.57. The van der Waals surface area contributed by atoms with Gasteiger partial charge in [0.05, 0.1) is 11.1 Å². The van der Waals surface area contributed by atoms with E-state index in [9.17, 15) is 36.2 Å². The molecule has 2 bridgehead atoms. The normalized spacial score (nSPS) is 24.1. The van der Waals surface area contributed by atoms with Crippen LogP contribution in [-0.2, 0) is 35.5 Å². The van der Waals surface area contributed by atoms with Gasteiger partial charge in [0.1, 0.15) is 18.1 Å². The number of nitrogens with one attached hydrogen (secondary N) is 1. The minimum atomic E-state index is -4.89. The molecule has 3 unspecified atom stereocenters. The molecule has 47 heavy (non-hydrogen) atoms. The van der Waals surface area contributed by atoms with E-state index in [4.69, 9.17) is 9.47 Å². The van der Waals surface area contributed by atoms with Crippen LogP contribution in [-0.4, -0.2) is 53.4 Å². The lowest BCUT2D eigenvalue weighted by Crippen LogP contribution is -2.36. The summed E-state index contributed by atoms with van der Waals surface area (Å²) in [7, 11) is 0. The van der Waals surface area contributed by atoms with E-state index in [2.05, 4.69) is 26.1 Å². The predicted molar refractivity (Wildman–Crippen MR) is 161 cm³/mol. The number of alkyl halides is 6. The average Bonchev–Trinajstić information content (AvgIpc) is 3.71. The number of benzene rings is 3. The van der Waals surface area contributed by atoms with Crippen molar-refractivity contribution in [3.05, 3.63) is 94.5 Å². The quantitative estimate of drug-likeness (QED) is 0.162. The van der Waals surface area contributed by atoms with Gasteiger partial charge in [0.2, 0.25) is 0 Å². The lowest BCUT2D eigenvalue weighted by Gasteiger charge is -2.21. The van der Waals surface area contributed by atoms with Crippen molar-refractivity contribution >= 4 is 5.97 Å². The molecule has 6 nitrogen and oxygen atoms in total. The summed E-state index contributed by atoms with van der Waals surface area (Å²) >= 11 is 0. The lowest BCUT2D eigenvalue weighted by atomic mass is 9.87. The molecule has 0 aromatic heterocycles. The Morgan fingerprint density at radius 2 is 1.57 bits per heavy atom. The summed E-state index contributed by atoms with van der Waals surface area (Å²) in [5, 5.41) is 13.2. The molecule has 2 aliphatic heterocycles. The molecule has 4 fully saturated rings. The number of hydrogen-bond donors (Lipinski definition) is 2. The summed E-state index contributed by atoms with van der Waals surface area (Å²) in [6, 6.07) is 16.4. The smallest absolute Gasteiger partial charge is 0.416 e. The number of piperidine rings is 1. The average molecular weight is 663 g/mol.